The first-order chi connectivity index (χ1) is 7.16. The van der Waals surface area contributed by atoms with Crippen molar-refractivity contribution in [3.63, 3.8) is 0 Å². The van der Waals surface area contributed by atoms with Crippen LogP contribution in [0.15, 0.2) is 23.6 Å². The van der Waals surface area contributed by atoms with Crippen LogP contribution in [0.5, 0.6) is 0 Å². The minimum absolute atomic E-state index is 0.416. The molecule has 2 aromatic rings. The van der Waals surface area contributed by atoms with Crippen molar-refractivity contribution in [1.29, 1.82) is 0 Å². The van der Waals surface area contributed by atoms with Crippen LogP contribution in [0.2, 0.25) is 0 Å². The molecular weight excluding hydrogens is 212 g/mol. The van der Waals surface area contributed by atoms with Gasteiger partial charge in [0.2, 0.25) is 0 Å². The summed E-state index contributed by atoms with van der Waals surface area (Å²) in [7, 11) is 0. The molecule has 5 N–H and O–H groups in total. The first-order valence-electron chi connectivity index (χ1n) is 4.29. The van der Waals surface area contributed by atoms with E-state index in [1.807, 2.05) is 5.38 Å². The maximum absolute atomic E-state index is 9.17. The Morgan fingerprint density at radius 3 is 2.67 bits per heavy atom. The number of thiazole rings is 1. The van der Waals surface area contributed by atoms with Crippen molar-refractivity contribution in [2.75, 3.05) is 5.73 Å². The number of hydrogen-bond donors (Lipinski definition) is 3. The summed E-state index contributed by atoms with van der Waals surface area (Å²) in [4.78, 5) is 8.26. The van der Waals surface area contributed by atoms with Crippen molar-refractivity contribution in [2.45, 2.75) is 6.23 Å². The summed E-state index contributed by atoms with van der Waals surface area (Å²) in [6, 6.07) is 5.22. The molecule has 1 atom stereocenters. The molecule has 0 amide bonds. The predicted octanol–water partition coefficient (Wildman–Crippen LogP) is 0.737. The Balaban J connectivity index is 2.41. The molecule has 2 heterocycles. The monoisotopic (exact) mass is 222 g/mol. The summed E-state index contributed by atoms with van der Waals surface area (Å²) in [6.07, 6.45) is -1.07. The van der Waals surface area contributed by atoms with Gasteiger partial charge in [-0.15, -0.1) is 11.3 Å². The number of hydrogen-bond acceptors (Lipinski definition) is 6. The van der Waals surface area contributed by atoms with Crippen molar-refractivity contribution >= 4 is 16.5 Å². The van der Waals surface area contributed by atoms with Gasteiger partial charge >= 0.3 is 0 Å². The number of rotatable bonds is 2. The van der Waals surface area contributed by atoms with Gasteiger partial charge in [-0.25, -0.2) is 9.97 Å². The van der Waals surface area contributed by atoms with Crippen LogP contribution in [-0.4, -0.2) is 15.1 Å². The van der Waals surface area contributed by atoms with E-state index in [4.69, 9.17) is 11.5 Å². The number of aliphatic hydroxyl groups is 1. The molecular formula is C9H10N4OS. The average molecular weight is 222 g/mol. The molecule has 0 fully saturated rings. The first kappa shape index (κ1) is 10.0. The molecule has 1 unspecified atom stereocenters. The lowest BCUT2D eigenvalue weighted by Gasteiger charge is -2.04. The molecule has 2 rings (SSSR count). The molecule has 0 radical (unpaired) electrons. The Bertz CT molecular complexity index is 469. The summed E-state index contributed by atoms with van der Waals surface area (Å²) in [5.74, 6) is 0. The smallest absolute Gasteiger partial charge is 0.180 e. The van der Waals surface area contributed by atoms with E-state index in [2.05, 4.69) is 9.97 Å². The van der Waals surface area contributed by atoms with Gasteiger partial charge in [0.25, 0.3) is 0 Å². The lowest BCUT2D eigenvalue weighted by Crippen LogP contribution is -2.10. The number of anilines is 1. The molecule has 0 spiro atoms. The lowest BCUT2D eigenvalue weighted by atomic mass is 10.2. The van der Waals surface area contributed by atoms with Crippen LogP contribution >= 0.6 is 11.3 Å². The largest absolute Gasteiger partial charge is 0.375 e. The minimum atomic E-state index is -1.07. The van der Waals surface area contributed by atoms with Gasteiger partial charge in [0, 0.05) is 5.38 Å². The summed E-state index contributed by atoms with van der Waals surface area (Å²) in [5, 5.41) is 11.5. The maximum Gasteiger partial charge on any atom is 0.180 e. The van der Waals surface area contributed by atoms with Crippen molar-refractivity contribution < 1.29 is 5.11 Å². The van der Waals surface area contributed by atoms with E-state index in [0.29, 0.717) is 22.2 Å². The predicted molar refractivity (Wildman–Crippen MR) is 58.9 cm³/mol. The highest BCUT2D eigenvalue weighted by molar-refractivity contribution is 7.13. The molecule has 5 nitrogen and oxygen atoms in total. The van der Waals surface area contributed by atoms with Crippen molar-refractivity contribution in [1.82, 2.24) is 9.97 Å². The van der Waals surface area contributed by atoms with Crippen molar-refractivity contribution in [3.8, 4) is 11.4 Å². The van der Waals surface area contributed by atoms with Gasteiger partial charge in [-0.2, -0.15) is 0 Å². The topological polar surface area (TPSA) is 98.0 Å². The second-order valence-electron chi connectivity index (χ2n) is 2.96. The Kier molecular flexibility index (Phi) is 2.63. The Labute approximate surface area is 90.4 Å². The zero-order chi connectivity index (χ0) is 10.8. The molecule has 0 aromatic carbocycles. The molecule has 78 valence electrons. The van der Waals surface area contributed by atoms with Gasteiger partial charge in [0.1, 0.15) is 11.9 Å². The van der Waals surface area contributed by atoms with E-state index in [9.17, 15) is 5.11 Å². The second kappa shape index (κ2) is 3.93. The summed E-state index contributed by atoms with van der Waals surface area (Å²) < 4.78 is 0. The fraction of sp³-hybridized carbons (Fsp3) is 0.111. The molecule has 15 heavy (non-hydrogen) atoms. The third kappa shape index (κ3) is 2.12. The van der Waals surface area contributed by atoms with Crippen LogP contribution in [0.3, 0.4) is 0 Å². The number of aromatic nitrogens is 2. The van der Waals surface area contributed by atoms with Gasteiger partial charge in [-0.05, 0) is 12.1 Å². The normalized spacial score (nSPS) is 12.7. The van der Waals surface area contributed by atoms with Gasteiger partial charge in [-0.3, -0.25) is 0 Å². The highest BCUT2D eigenvalue weighted by Gasteiger charge is 2.07. The van der Waals surface area contributed by atoms with E-state index in [0.717, 1.165) is 0 Å². The molecule has 0 saturated heterocycles. The third-order valence-corrected chi connectivity index (χ3v) is 2.53. The van der Waals surface area contributed by atoms with Gasteiger partial charge in [-0.1, -0.05) is 6.07 Å². The fourth-order valence-corrected chi connectivity index (χ4v) is 1.72. The number of nitrogens with zero attached hydrogens (tertiary/aromatic N) is 2. The van der Waals surface area contributed by atoms with E-state index >= 15 is 0 Å². The van der Waals surface area contributed by atoms with E-state index in [1.54, 1.807) is 18.2 Å². The van der Waals surface area contributed by atoms with E-state index < -0.39 is 6.23 Å². The number of pyridine rings is 1. The SMILES string of the molecule is Nc1nc(-c2cccc(C(N)O)n2)cs1. The molecule has 6 heteroatoms. The number of aliphatic hydroxyl groups excluding tert-OH is 1. The van der Waals surface area contributed by atoms with E-state index in [-0.39, 0.29) is 0 Å². The lowest BCUT2D eigenvalue weighted by molar-refractivity contribution is 0.181. The molecule has 0 saturated carbocycles. The minimum Gasteiger partial charge on any atom is -0.375 e. The zero-order valence-corrected chi connectivity index (χ0v) is 8.61. The molecule has 0 aliphatic rings. The van der Waals surface area contributed by atoms with E-state index in [1.165, 1.54) is 11.3 Å². The number of nitrogens with two attached hydrogens (primary N) is 2. The molecule has 0 bridgehead atoms. The number of nitrogen functional groups attached to an aromatic ring is 1. The maximum atomic E-state index is 9.17. The van der Waals surface area contributed by atoms with Crippen LogP contribution in [0.1, 0.15) is 11.9 Å². The molecule has 2 aromatic heterocycles. The highest BCUT2D eigenvalue weighted by Crippen LogP contribution is 2.21. The van der Waals surface area contributed by atoms with Crippen molar-refractivity contribution in [2.24, 2.45) is 5.73 Å². The molecule has 0 aliphatic carbocycles. The second-order valence-corrected chi connectivity index (χ2v) is 3.85. The van der Waals surface area contributed by atoms with Gasteiger partial charge in [0.05, 0.1) is 11.4 Å². The van der Waals surface area contributed by atoms with Crippen LogP contribution in [0, 0.1) is 0 Å². The van der Waals surface area contributed by atoms with Crippen LogP contribution in [0.4, 0.5) is 5.13 Å². The summed E-state index contributed by atoms with van der Waals surface area (Å²) in [6.45, 7) is 0. The zero-order valence-electron chi connectivity index (χ0n) is 7.79. The first-order valence-corrected chi connectivity index (χ1v) is 5.17. The summed E-state index contributed by atoms with van der Waals surface area (Å²) >= 11 is 1.35. The van der Waals surface area contributed by atoms with Gasteiger partial charge < -0.3 is 16.6 Å². The van der Waals surface area contributed by atoms with Crippen LogP contribution in [0.25, 0.3) is 11.4 Å². The van der Waals surface area contributed by atoms with Crippen LogP contribution in [-0.2, 0) is 0 Å². The van der Waals surface area contributed by atoms with Gasteiger partial charge in [0.15, 0.2) is 5.13 Å². The standard InChI is InChI=1S/C9H10N4OS/c10-8(14)6-3-1-2-5(12-6)7-4-15-9(11)13-7/h1-4,8,14H,10H2,(H2,11,13). The fourth-order valence-electron chi connectivity index (χ4n) is 1.16. The van der Waals surface area contributed by atoms with Crippen molar-refractivity contribution in [3.05, 3.63) is 29.3 Å². The Morgan fingerprint density at radius 2 is 2.07 bits per heavy atom. The summed E-state index contributed by atoms with van der Waals surface area (Å²) in [5.41, 5.74) is 12.6. The average Bonchev–Trinajstić information content (AvgIpc) is 2.65. The Morgan fingerprint density at radius 1 is 1.27 bits per heavy atom. The van der Waals surface area contributed by atoms with Crippen LogP contribution < -0.4 is 11.5 Å². The Hall–Kier alpha value is -1.50. The third-order valence-electron chi connectivity index (χ3n) is 1.86. The quantitative estimate of drug-likeness (QED) is 0.651. The molecule has 0 aliphatic heterocycles. The highest BCUT2D eigenvalue weighted by atomic mass is 32.1.